The first-order chi connectivity index (χ1) is 12.2. The summed E-state index contributed by atoms with van der Waals surface area (Å²) in [5.41, 5.74) is 2.27. The van der Waals surface area contributed by atoms with Gasteiger partial charge in [0, 0.05) is 19.1 Å². The van der Waals surface area contributed by atoms with Gasteiger partial charge in [-0.2, -0.15) is 0 Å². The number of likely N-dealkylation sites (tertiary alicyclic amines) is 1. The van der Waals surface area contributed by atoms with Gasteiger partial charge >= 0.3 is 0 Å². The van der Waals surface area contributed by atoms with Gasteiger partial charge in [0.2, 0.25) is 0 Å². The molecule has 1 fully saturated rings. The third-order valence-corrected chi connectivity index (χ3v) is 5.91. The summed E-state index contributed by atoms with van der Waals surface area (Å²) in [6.07, 6.45) is 3.95. The fraction of sp³-hybridized carbons (Fsp3) is 0.611. The van der Waals surface area contributed by atoms with Gasteiger partial charge in [-0.1, -0.05) is 24.3 Å². The summed E-state index contributed by atoms with van der Waals surface area (Å²) in [5.74, 6) is 0. The van der Waals surface area contributed by atoms with Crippen LogP contribution in [0.5, 0.6) is 0 Å². The lowest BCUT2D eigenvalue weighted by Gasteiger charge is -2.42. The van der Waals surface area contributed by atoms with Crippen molar-refractivity contribution in [3.8, 4) is 0 Å². The number of ether oxygens (including phenoxy) is 1. The van der Waals surface area contributed by atoms with E-state index >= 15 is 0 Å². The number of aliphatic hydroxyl groups is 1. The highest BCUT2D eigenvalue weighted by atomic mass is 16.5. The molecule has 1 aliphatic carbocycles. The molecule has 2 heterocycles. The van der Waals surface area contributed by atoms with E-state index in [-0.39, 0.29) is 11.5 Å². The Labute approximate surface area is 147 Å². The second kappa shape index (κ2) is 6.82. The molecule has 1 aromatic heterocycles. The molecule has 2 atom stereocenters. The van der Waals surface area contributed by atoms with Crippen LogP contribution in [0.2, 0.25) is 0 Å². The molecule has 1 aromatic carbocycles. The molecule has 7 heteroatoms. The van der Waals surface area contributed by atoms with E-state index in [0.29, 0.717) is 0 Å². The number of aromatic nitrogens is 4. The largest absolute Gasteiger partial charge is 0.389 e. The predicted octanol–water partition coefficient (Wildman–Crippen LogP) is 1.16. The van der Waals surface area contributed by atoms with Crippen LogP contribution in [0.3, 0.4) is 0 Å². The Morgan fingerprint density at radius 3 is 2.76 bits per heavy atom. The number of rotatable bonds is 5. The average Bonchev–Trinajstić information content (AvgIpc) is 3.23. The maximum atomic E-state index is 11.0. The van der Waals surface area contributed by atoms with Gasteiger partial charge in [0.25, 0.3) is 0 Å². The van der Waals surface area contributed by atoms with E-state index < -0.39 is 6.10 Å². The molecule has 134 valence electrons. The molecular weight excluding hydrogens is 318 g/mol. The van der Waals surface area contributed by atoms with Crippen molar-refractivity contribution >= 4 is 0 Å². The number of tetrazole rings is 1. The number of hydrogen-bond acceptors (Lipinski definition) is 6. The molecular formula is C18H25N5O2. The Bertz CT molecular complexity index is 697. The lowest BCUT2D eigenvalue weighted by atomic mass is 9.72. The van der Waals surface area contributed by atoms with E-state index in [0.717, 1.165) is 51.0 Å². The normalized spacial score (nSPS) is 25.4. The molecule has 0 amide bonds. The molecule has 1 N–H and O–H groups in total. The van der Waals surface area contributed by atoms with Gasteiger partial charge in [-0.25, -0.2) is 4.68 Å². The highest BCUT2D eigenvalue weighted by molar-refractivity contribution is 5.44. The number of methoxy groups -OCH3 is 1. The third-order valence-electron chi connectivity index (χ3n) is 5.91. The van der Waals surface area contributed by atoms with Crippen LogP contribution in [0.1, 0.15) is 36.5 Å². The molecule has 4 rings (SSSR count). The summed E-state index contributed by atoms with van der Waals surface area (Å²) < 4.78 is 7.39. The maximum absolute atomic E-state index is 11.0. The fourth-order valence-electron chi connectivity index (χ4n) is 4.55. The van der Waals surface area contributed by atoms with Gasteiger partial charge in [0.05, 0.1) is 6.10 Å². The van der Waals surface area contributed by atoms with Crippen LogP contribution in [-0.2, 0) is 16.7 Å². The Hall–Kier alpha value is -1.83. The molecule has 0 saturated carbocycles. The quantitative estimate of drug-likeness (QED) is 0.878. The van der Waals surface area contributed by atoms with Crippen LogP contribution in [0.4, 0.5) is 0 Å². The van der Waals surface area contributed by atoms with Crippen molar-refractivity contribution in [2.75, 3.05) is 26.7 Å². The van der Waals surface area contributed by atoms with E-state index in [4.69, 9.17) is 4.74 Å². The van der Waals surface area contributed by atoms with E-state index in [9.17, 15) is 5.11 Å². The van der Waals surface area contributed by atoms with Crippen molar-refractivity contribution < 1.29 is 9.84 Å². The number of piperidine rings is 1. The summed E-state index contributed by atoms with van der Waals surface area (Å²) in [6.45, 7) is 3.86. The first-order valence-corrected chi connectivity index (χ1v) is 8.98. The predicted molar refractivity (Wildman–Crippen MR) is 92.0 cm³/mol. The van der Waals surface area contributed by atoms with Crippen LogP contribution < -0.4 is 0 Å². The van der Waals surface area contributed by atoms with Gasteiger partial charge in [-0.15, -0.1) is 5.10 Å². The first kappa shape index (κ1) is 16.6. The Kier molecular flexibility index (Phi) is 4.54. The van der Waals surface area contributed by atoms with Crippen molar-refractivity contribution in [1.29, 1.82) is 0 Å². The standard InChI is InChI=1S/C18H25N5O2/c1-25-16-14-5-2-3-6-15(14)18(17(16)24)7-11-22(12-8-18)9-4-10-23-13-19-20-21-23/h2-3,5-6,13,16-17,24H,4,7-12H2,1H3/t16-,17+/m1/s1. The zero-order valence-corrected chi connectivity index (χ0v) is 14.6. The number of aryl methyl sites for hydroxylation is 1. The number of nitrogens with zero attached hydrogens (tertiary/aromatic N) is 5. The van der Waals surface area contributed by atoms with Crippen molar-refractivity contribution in [3.63, 3.8) is 0 Å². The van der Waals surface area contributed by atoms with Gasteiger partial charge < -0.3 is 14.7 Å². The fourth-order valence-corrected chi connectivity index (χ4v) is 4.55. The minimum absolute atomic E-state index is 0.163. The lowest BCUT2D eigenvalue weighted by Crippen LogP contribution is -2.48. The Balaban J connectivity index is 1.40. The monoisotopic (exact) mass is 343 g/mol. The molecule has 1 aliphatic heterocycles. The SMILES string of the molecule is CO[C@@H]1c2ccccc2C2(CCN(CCCn3cnnn3)CC2)[C@H]1O. The molecule has 0 radical (unpaired) electrons. The summed E-state index contributed by atoms with van der Waals surface area (Å²) >= 11 is 0. The van der Waals surface area contributed by atoms with Gasteiger partial charge in [-0.05, 0) is 60.5 Å². The molecule has 1 saturated heterocycles. The average molecular weight is 343 g/mol. The minimum Gasteiger partial charge on any atom is -0.389 e. The molecule has 2 aliphatic rings. The molecule has 1 spiro atoms. The zero-order valence-electron chi connectivity index (χ0n) is 14.6. The van der Waals surface area contributed by atoms with Crippen LogP contribution in [0.25, 0.3) is 0 Å². The number of hydrogen-bond donors (Lipinski definition) is 1. The molecule has 0 unspecified atom stereocenters. The van der Waals surface area contributed by atoms with E-state index in [1.54, 1.807) is 18.1 Å². The second-order valence-corrected chi connectivity index (χ2v) is 7.11. The van der Waals surface area contributed by atoms with Crippen molar-refractivity contribution in [1.82, 2.24) is 25.1 Å². The van der Waals surface area contributed by atoms with Crippen molar-refractivity contribution in [2.24, 2.45) is 0 Å². The summed E-state index contributed by atoms with van der Waals surface area (Å²) in [7, 11) is 1.69. The summed E-state index contributed by atoms with van der Waals surface area (Å²) in [6, 6.07) is 8.37. The lowest BCUT2D eigenvalue weighted by molar-refractivity contribution is -0.0546. The topological polar surface area (TPSA) is 76.3 Å². The van der Waals surface area contributed by atoms with Gasteiger partial charge in [0.15, 0.2) is 0 Å². The van der Waals surface area contributed by atoms with Gasteiger partial charge in [-0.3, -0.25) is 0 Å². The molecule has 25 heavy (non-hydrogen) atoms. The van der Waals surface area contributed by atoms with Crippen LogP contribution in [0, 0.1) is 0 Å². The maximum Gasteiger partial charge on any atom is 0.138 e. The Morgan fingerprint density at radius 2 is 2.04 bits per heavy atom. The number of aliphatic hydroxyl groups excluding tert-OH is 1. The number of fused-ring (bicyclic) bond motifs is 2. The minimum atomic E-state index is -0.460. The van der Waals surface area contributed by atoms with Crippen molar-refractivity contribution in [3.05, 3.63) is 41.7 Å². The Morgan fingerprint density at radius 1 is 1.24 bits per heavy atom. The van der Waals surface area contributed by atoms with Crippen LogP contribution >= 0.6 is 0 Å². The highest BCUT2D eigenvalue weighted by Gasteiger charge is 2.52. The van der Waals surface area contributed by atoms with E-state index in [1.165, 1.54) is 5.56 Å². The summed E-state index contributed by atoms with van der Waals surface area (Å²) in [5, 5.41) is 22.2. The first-order valence-electron chi connectivity index (χ1n) is 8.98. The van der Waals surface area contributed by atoms with E-state index in [2.05, 4.69) is 38.6 Å². The smallest absolute Gasteiger partial charge is 0.138 e. The van der Waals surface area contributed by atoms with E-state index in [1.807, 2.05) is 6.07 Å². The highest BCUT2D eigenvalue weighted by Crippen LogP contribution is 2.51. The number of benzene rings is 1. The molecule has 7 nitrogen and oxygen atoms in total. The second-order valence-electron chi connectivity index (χ2n) is 7.11. The molecule has 2 aromatic rings. The third kappa shape index (κ3) is 2.86. The van der Waals surface area contributed by atoms with Crippen molar-refractivity contribution in [2.45, 2.75) is 43.4 Å². The van der Waals surface area contributed by atoms with Crippen LogP contribution in [0.15, 0.2) is 30.6 Å². The van der Waals surface area contributed by atoms with Crippen LogP contribution in [-0.4, -0.2) is 63.1 Å². The molecule has 0 bridgehead atoms. The summed E-state index contributed by atoms with van der Waals surface area (Å²) in [4.78, 5) is 2.48. The zero-order chi connectivity index (χ0) is 17.3. The van der Waals surface area contributed by atoms with Gasteiger partial charge in [0.1, 0.15) is 12.4 Å².